The van der Waals surface area contributed by atoms with E-state index in [-0.39, 0.29) is 11.9 Å². The van der Waals surface area contributed by atoms with E-state index in [2.05, 4.69) is 110 Å². The van der Waals surface area contributed by atoms with E-state index in [4.69, 9.17) is 16.4 Å². The summed E-state index contributed by atoms with van der Waals surface area (Å²) in [7, 11) is 3.58. The number of rotatable bonds is 10. The molecule has 52 heavy (non-hydrogen) atoms. The molecule has 1 saturated carbocycles. The Morgan fingerprint density at radius 1 is 0.923 bits per heavy atom. The minimum atomic E-state index is -0.460. The Bertz CT molecular complexity index is 2060. The first-order valence-corrected chi connectivity index (χ1v) is 18.1. The van der Waals surface area contributed by atoms with E-state index in [0.717, 1.165) is 68.6 Å². The molecule has 1 aliphatic heterocycles. The van der Waals surface area contributed by atoms with Crippen LogP contribution in [-0.2, 0) is 5.54 Å². The van der Waals surface area contributed by atoms with E-state index >= 15 is 0 Å². The van der Waals surface area contributed by atoms with Crippen LogP contribution in [0.3, 0.4) is 0 Å². The van der Waals surface area contributed by atoms with E-state index in [0.29, 0.717) is 17.5 Å². The number of piperazine rings is 1. The summed E-state index contributed by atoms with van der Waals surface area (Å²) in [5.41, 5.74) is 5.72. The number of fused-ring (bicyclic) bond motifs is 1. The van der Waals surface area contributed by atoms with Gasteiger partial charge < -0.3 is 19.7 Å². The quantitative estimate of drug-likeness (QED) is 0.120. The Kier molecular flexibility index (Phi) is 10.2. The molecule has 264 valence electrons. The van der Waals surface area contributed by atoms with E-state index < -0.39 is 5.54 Å². The summed E-state index contributed by atoms with van der Waals surface area (Å²) in [6.45, 7) is 5.59. The number of carbonyl (C=O) groups excluding carboxylic acids is 1. The van der Waals surface area contributed by atoms with Crippen molar-refractivity contribution in [1.82, 2.24) is 29.3 Å². The van der Waals surface area contributed by atoms with Crippen molar-refractivity contribution in [2.24, 2.45) is 0 Å². The Balaban J connectivity index is 1.11. The molecule has 9 nitrogen and oxygen atoms in total. The number of terminal acetylenes is 1. The normalized spacial score (nSPS) is 16.0. The van der Waals surface area contributed by atoms with Gasteiger partial charge in [0.25, 0.3) is 5.91 Å². The first-order valence-electron chi connectivity index (χ1n) is 18.1. The maximum Gasteiger partial charge on any atom is 0.270 e. The summed E-state index contributed by atoms with van der Waals surface area (Å²) in [5, 5.41) is 4.17. The lowest BCUT2D eigenvalue weighted by molar-refractivity contribution is 0.0815. The Labute approximate surface area is 306 Å². The standard InChI is InChI=1S/C43H46N8O/c1-5-6-9-16-32(2)43(34-17-10-7-11-18-34,35-19-12-8-13-20-35)50-27-25-49(26-28-50)37-23-24-39(44-31-37)46-42-45-30-33-29-38(41(52)48(3)4)51(40(33)47-42)36-21-14-15-22-36/h1,6-13,16-20,23-24,29-31,36H,14-15,21-22,25-28H2,2-4H3,(H,44,45,46,47)/b9-6-,32-16+. The topological polar surface area (TPSA) is 82.4 Å². The van der Waals surface area contributed by atoms with Gasteiger partial charge in [0.1, 0.15) is 17.2 Å². The predicted molar refractivity (Wildman–Crippen MR) is 210 cm³/mol. The number of carbonyl (C=O) groups is 1. The Hall–Kier alpha value is -5.72. The zero-order valence-corrected chi connectivity index (χ0v) is 30.2. The molecule has 0 atom stereocenters. The van der Waals surface area contributed by atoms with Gasteiger partial charge in [0.2, 0.25) is 5.95 Å². The van der Waals surface area contributed by atoms with Crippen LogP contribution in [0.5, 0.6) is 0 Å². The molecule has 0 unspecified atom stereocenters. The van der Waals surface area contributed by atoms with Crippen molar-refractivity contribution in [2.75, 3.05) is 50.5 Å². The van der Waals surface area contributed by atoms with Crippen molar-refractivity contribution in [2.45, 2.75) is 44.2 Å². The zero-order valence-electron chi connectivity index (χ0n) is 30.2. The second-order valence-electron chi connectivity index (χ2n) is 13.8. The van der Waals surface area contributed by atoms with Gasteiger partial charge in [-0.25, -0.2) is 9.97 Å². The number of nitrogens with zero attached hydrogens (tertiary/aromatic N) is 7. The molecule has 9 heteroatoms. The second-order valence-corrected chi connectivity index (χ2v) is 13.8. The smallest absolute Gasteiger partial charge is 0.270 e. The molecule has 1 N–H and O–H groups in total. The predicted octanol–water partition coefficient (Wildman–Crippen LogP) is 7.59. The minimum Gasteiger partial charge on any atom is -0.368 e. The van der Waals surface area contributed by atoms with Crippen LogP contribution in [0.15, 0.2) is 115 Å². The average Bonchev–Trinajstić information content (AvgIpc) is 3.85. The van der Waals surface area contributed by atoms with Crippen molar-refractivity contribution in [1.29, 1.82) is 0 Å². The zero-order chi connectivity index (χ0) is 36.1. The monoisotopic (exact) mass is 690 g/mol. The minimum absolute atomic E-state index is 0.0212. The van der Waals surface area contributed by atoms with Crippen LogP contribution in [-0.4, -0.2) is 75.5 Å². The number of anilines is 3. The first kappa shape index (κ1) is 34.7. The number of aromatic nitrogens is 4. The van der Waals surface area contributed by atoms with Crippen molar-refractivity contribution in [3.63, 3.8) is 0 Å². The van der Waals surface area contributed by atoms with E-state index in [1.165, 1.54) is 16.7 Å². The van der Waals surface area contributed by atoms with Gasteiger partial charge in [-0.2, -0.15) is 4.98 Å². The fraction of sp³-hybridized carbons (Fsp3) is 0.302. The molecule has 4 heterocycles. The summed E-state index contributed by atoms with van der Waals surface area (Å²) < 4.78 is 2.13. The molecule has 0 radical (unpaired) electrons. The average molecular weight is 691 g/mol. The summed E-state index contributed by atoms with van der Waals surface area (Å²) in [5.74, 6) is 3.73. The van der Waals surface area contributed by atoms with Crippen molar-refractivity contribution in [3.05, 3.63) is 132 Å². The number of amides is 1. The Morgan fingerprint density at radius 3 is 2.19 bits per heavy atom. The number of benzene rings is 2. The maximum absolute atomic E-state index is 13.1. The van der Waals surface area contributed by atoms with Crippen LogP contribution in [0, 0.1) is 12.3 Å². The van der Waals surface area contributed by atoms with Gasteiger partial charge in [-0.3, -0.25) is 9.69 Å². The molecule has 1 aliphatic carbocycles. The Morgan fingerprint density at radius 2 is 1.60 bits per heavy atom. The number of nitrogens with one attached hydrogen (secondary N) is 1. The molecule has 1 saturated heterocycles. The number of hydrogen-bond acceptors (Lipinski definition) is 7. The van der Waals surface area contributed by atoms with Crippen LogP contribution < -0.4 is 10.2 Å². The highest BCUT2D eigenvalue weighted by molar-refractivity contribution is 5.98. The van der Waals surface area contributed by atoms with Gasteiger partial charge >= 0.3 is 0 Å². The van der Waals surface area contributed by atoms with Crippen molar-refractivity contribution >= 4 is 34.4 Å². The SMILES string of the molecule is C#C/C=C\C=C(/C)C(c1ccccc1)(c1ccccc1)N1CCN(c2ccc(Nc3ncc4cc(C(=O)N(C)C)n(C5CCCC5)c4n3)nc2)CC1. The van der Waals surface area contributed by atoms with Gasteiger partial charge in [-0.1, -0.05) is 91.6 Å². The molecule has 0 bridgehead atoms. The van der Waals surface area contributed by atoms with E-state index in [1.807, 2.05) is 24.4 Å². The lowest BCUT2D eigenvalue weighted by atomic mass is 9.75. The fourth-order valence-electron chi connectivity index (χ4n) is 8.02. The second kappa shape index (κ2) is 15.3. The van der Waals surface area contributed by atoms with Gasteiger partial charge in [0.15, 0.2) is 0 Å². The molecule has 2 aliphatic rings. The molecular formula is C43H46N8O. The fourth-order valence-corrected chi connectivity index (χ4v) is 8.02. The van der Waals surface area contributed by atoms with Crippen molar-refractivity contribution < 1.29 is 4.79 Å². The third kappa shape index (κ3) is 6.70. The lowest BCUT2D eigenvalue weighted by Crippen LogP contribution is -2.56. The molecule has 1 amide bonds. The highest BCUT2D eigenvalue weighted by Crippen LogP contribution is 2.43. The summed E-state index contributed by atoms with van der Waals surface area (Å²) >= 11 is 0. The molecule has 3 aromatic heterocycles. The third-order valence-corrected chi connectivity index (χ3v) is 10.5. The summed E-state index contributed by atoms with van der Waals surface area (Å²) in [4.78, 5) is 34.0. The van der Waals surface area contributed by atoms with Gasteiger partial charge in [-0.05, 0) is 60.7 Å². The van der Waals surface area contributed by atoms with Gasteiger partial charge in [0.05, 0.1) is 17.4 Å². The summed E-state index contributed by atoms with van der Waals surface area (Å²) in [6.07, 6.45) is 19.5. The largest absolute Gasteiger partial charge is 0.368 e. The molecule has 7 rings (SSSR count). The number of hydrogen-bond donors (Lipinski definition) is 1. The number of pyridine rings is 1. The lowest BCUT2D eigenvalue weighted by Gasteiger charge is -2.49. The van der Waals surface area contributed by atoms with Crippen LogP contribution in [0.2, 0.25) is 0 Å². The molecular weight excluding hydrogens is 645 g/mol. The first-order chi connectivity index (χ1) is 25.4. The molecule has 2 aromatic carbocycles. The van der Waals surface area contributed by atoms with Crippen LogP contribution in [0.1, 0.15) is 60.3 Å². The summed E-state index contributed by atoms with van der Waals surface area (Å²) in [6, 6.07) is 27.8. The van der Waals surface area contributed by atoms with Crippen LogP contribution in [0.4, 0.5) is 17.5 Å². The van der Waals surface area contributed by atoms with Crippen molar-refractivity contribution in [3.8, 4) is 12.3 Å². The third-order valence-electron chi connectivity index (χ3n) is 10.5. The molecule has 5 aromatic rings. The molecule has 2 fully saturated rings. The van der Waals surface area contributed by atoms with Crippen LogP contribution >= 0.6 is 0 Å². The van der Waals surface area contributed by atoms with E-state index in [9.17, 15) is 4.79 Å². The molecule has 0 spiro atoms. The van der Waals surface area contributed by atoms with Crippen LogP contribution in [0.25, 0.3) is 11.0 Å². The van der Waals surface area contributed by atoms with Gasteiger partial charge in [0, 0.05) is 57.9 Å². The van der Waals surface area contributed by atoms with Gasteiger partial charge in [-0.15, -0.1) is 6.42 Å². The number of allylic oxidation sites excluding steroid dienone is 3. The highest BCUT2D eigenvalue weighted by atomic mass is 16.2. The maximum atomic E-state index is 13.1. The highest BCUT2D eigenvalue weighted by Gasteiger charge is 2.43. The van der Waals surface area contributed by atoms with E-state index in [1.54, 1.807) is 31.3 Å².